The molecule has 0 aliphatic rings. The lowest BCUT2D eigenvalue weighted by Crippen LogP contribution is -2.22. The van der Waals surface area contributed by atoms with Crippen molar-refractivity contribution in [2.75, 3.05) is 24.3 Å². The lowest BCUT2D eigenvalue weighted by Gasteiger charge is -2.09. The van der Waals surface area contributed by atoms with Gasteiger partial charge in [-0.25, -0.2) is 4.79 Å². The highest BCUT2D eigenvalue weighted by Gasteiger charge is 2.23. The van der Waals surface area contributed by atoms with Crippen LogP contribution in [0, 0.1) is 0 Å². The van der Waals surface area contributed by atoms with E-state index in [1.807, 2.05) is 72.8 Å². The fourth-order valence-electron chi connectivity index (χ4n) is 3.44. The van der Waals surface area contributed by atoms with Crippen LogP contribution in [-0.4, -0.2) is 36.8 Å². The van der Waals surface area contributed by atoms with E-state index in [1.54, 1.807) is 12.3 Å². The number of thioether (sulfide) groups is 1. The number of rotatable bonds is 9. The summed E-state index contributed by atoms with van der Waals surface area (Å²) in [6.45, 7) is 1.49. The van der Waals surface area contributed by atoms with Gasteiger partial charge in [0, 0.05) is 15.8 Å². The molecular weight excluding hydrogens is 482 g/mol. The van der Waals surface area contributed by atoms with Crippen molar-refractivity contribution in [2.45, 2.75) is 11.8 Å². The molecule has 0 unspecified atom stereocenters. The van der Waals surface area contributed by atoms with Crippen LogP contribution in [0.2, 0.25) is 0 Å². The summed E-state index contributed by atoms with van der Waals surface area (Å²) in [5.74, 6) is -1.47. The molecule has 0 fully saturated rings. The molecular formula is C27H23NO5S2. The summed E-state index contributed by atoms with van der Waals surface area (Å²) in [5.41, 5.74) is 1.80. The van der Waals surface area contributed by atoms with E-state index in [9.17, 15) is 14.4 Å². The summed E-state index contributed by atoms with van der Waals surface area (Å²) in [5, 5.41) is 7.05. The summed E-state index contributed by atoms with van der Waals surface area (Å²) in [6, 6.07) is 23.3. The van der Waals surface area contributed by atoms with Crippen molar-refractivity contribution in [1.29, 1.82) is 0 Å². The van der Waals surface area contributed by atoms with Gasteiger partial charge in [-0.15, -0.1) is 23.1 Å². The summed E-state index contributed by atoms with van der Waals surface area (Å²) in [7, 11) is 0. The van der Waals surface area contributed by atoms with Gasteiger partial charge in [0.15, 0.2) is 6.61 Å². The maximum atomic E-state index is 12.6. The van der Waals surface area contributed by atoms with Crippen LogP contribution in [0.15, 0.2) is 83.1 Å². The molecule has 0 saturated heterocycles. The second-order valence-corrected chi connectivity index (χ2v) is 9.37. The molecule has 6 nitrogen and oxygen atoms in total. The van der Waals surface area contributed by atoms with Crippen LogP contribution in [0.4, 0.5) is 5.00 Å². The van der Waals surface area contributed by atoms with Gasteiger partial charge in [-0.05, 0) is 35.4 Å². The first kappa shape index (κ1) is 24.5. The second-order valence-electron chi connectivity index (χ2n) is 7.45. The number of hydrogen-bond acceptors (Lipinski definition) is 7. The molecule has 3 aromatic carbocycles. The second kappa shape index (κ2) is 11.7. The number of ether oxygens (including phenoxy) is 2. The third kappa shape index (κ3) is 6.29. The molecule has 8 heteroatoms. The van der Waals surface area contributed by atoms with E-state index in [1.165, 1.54) is 23.1 Å². The minimum atomic E-state index is -0.527. The van der Waals surface area contributed by atoms with Crippen molar-refractivity contribution in [2.24, 2.45) is 0 Å². The molecule has 0 aliphatic carbocycles. The molecule has 1 N–H and O–H groups in total. The molecule has 0 saturated carbocycles. The molecule has 0 spiro atoms. The predicted octanol–water partition coefficient (Wildman–Crippen LogP) is 6.02. The van der Waals surface area contributed by atoms with Crippen LogP contribution < -0.4 is 5.32 Å². The van der Waals surface area contributed by atoms with Gasteiger partial charge in [0.1, 0.15) is 10.6 Å². The molecule has 0 atom stereocenters. The summed E-state index contributed by atoms with van der Waals surface area (Å²) in [6.07, 6.45) is 0. The van der Waals surface area contributed by atoms with Gasteiger partial charge < -0.3 is 14.8 Å². The monoisotopic (exact) mass is 505 g/mol. The standard InChI is InChI=1S/C27H23NO5S2/c1-2-32-27(31)25-22(19-9-4-3-5-10-19)16-35-26(25)28-23(29)15-33-24(30)17-34-21-13-12-18-8-6-7-11-20(18)14-21/h3-14,16H,2,15,17H2,1H3,(H,28,29). The topological polar surface area (TPSA) is 81.7 Å². The van der Waals surface area contributed by atoms with E-state index in [-0.39, 0.29) is 17.9 Å². The maximum Gasteiger partial charge on any atom is 0.341 e. The van der Waals surface area contributed by atoms with E-state index in [0.29, 0.717) is 10.6 Å². The van der Waals surface area contributed by atoms with Gasteiger partial charge in [-0.3, -0.25) is 9.59 Å². The van der Waals surface area contributed by atoms with Crippen molar-refractivity contribution in [3.05, 3.63) is 83.7 Å². The van der Waals surface area contributed by atoms with Gasteiger partial charge >= 0.3 is 11.9 Å². The number of esters is 2. The Hall–Kier alpha value is -3.62. The van der Waals surface area contributed by atoms with E-state index in [2.05, 4.69) is 5.32 Å². The number of thiophene rings is 1. The molecule has 35 heavy (non-hydrogen) atoms. The highest BCUT2D eigenvalue weighted by atomic mass is 32.2. The number of fused-ring (bicyclic) bond motifs is 1. The molecule has 1 aromatic heterocycles. The number of anilines is 1. The van der Waals surface area contributed by atoms with Gasteiger partial charge in [0.05, 0.1) is 12.4 Å². The van der Waals surface area contributed by atoms with Crippen molar-refractivity contribution in [1.82, 2.24) is 0 Å². The Kier molecular flexibility index (Phi) is 8.18. The number of nitrogens with one attached hydrogen (secondary N) is 1. The number of benzene rings is 3. The smallest absolute Gasteiger partial charge is 0.341 e. The fourth-order valence-corrected chi connectivity index (χ4v) is 5.15. The van der Waals surface area contributed by atoms with Gasteiger partial charge in [0.2, 0.25) is 0 Å². The molecule has 1 heterocycles. The van der Waals surface area contributed by atoms with Gasteiger partial charge in [-0.2, -0.15) is 0 Å². The Morgan fingerprint density at radius 3 is 2.43 bits per heavy atom. The molecule has 4 rings (SSSR count). The average Bonchev–Trinajstić information content (AvgIpc) is 3.30. The summed E-state index contributed by atoms with van der Waals surface area (Å²) >= 11 is 2.57. The minimum absolute atomic E-state index is 0.0802. The van der Waals surface area contributed by atoms with E-state index < -0.39 is 24.5 Å². The van der Waals surface area contributed by atoms with Gasteiger partial charge in [0.25, 0.3) is 5.91 Å². The summed E-state index contributed by atoms with van der Waals surface area (Å²) in [4.78, 5) is 38.2. The quantitative estimate of drug-likeness (QED) is 0.221. The first-order valence-electron chi connectivity index (χ1n) is 11.0. The number of carbonyl (C=O) groups is 3. The van der Waals surface area contributed by atoms with E-state index >= 15 is 0 Å². The predicted molar refractivity (Wildman–Crippen MR) is 140 cm³/mol. The van der Waals surface area contributed by atoms with Crippen molar-refractivity contribution in [3.8, 4) is 11.1 Å². The van der Waals surface area contributed by atoms with Crippen LogP contribution in [0.3, 0.4) is 0 Å². The molecule has 0 radical (unpaired) electrons. The normalized spacial score (nSPS) is 10.7. The Labute approximate surface area is 211 Å². The van der Waals surface area contributed by atoms with Crippen LogP contribution in [-0.2, 0) is 19.1 Å². The van der Waals surface area contributed by atoms with Crippen LogP contribution in [0.1, 0.15) is 17.3 Å². The van der Waals surface area contributed by atoms with Crippen molar-refractivity contribution in [3.63, 3.8) is 0 Å². The molecule has 178 valence electrons. The largest absolute Gasteiger partial charge is 0.462 e. The average molecular weight is 506 g/mol. The van der Waals surface area contributed by atoms with Crippen LogP contribution in [0.5, 0.6) is 0 Å². The lowest BCUT2D eigenvalue weighted by molar-refractivity contribution is -0.144. The fraction of sp³-hybridized carbons (Fsp3) is 0.148. The zero-order chi connectivity index (χ0) is 24.6. The number of amides is 1. The Morgan fingerprint density at radius 2 is 1.66 bits per heavy atom. The van der Waals surface area contributed by atoms with Crippen molar-refractivity contribution < 1.29 is 23.9 Å². The van der Waals surface area contributed by atoms with Crippen LogP contribution >= 0.6 is 23.1 Å². The Morgan fingerprint density at radius 1 is 0.914 bits per heavy atom. The van der Waals surface area contributed by atoms with Gasteiger partial charge in [-0.1, -0.05) is 60.7 Å². The summed E-state index contributed by atoms with van der Waals surface area (Å²) < 4.78 is 10.3. The SMILES string of the molecule is CCOC(=O)c1c(-c2ccccc2)csc1NC(=O)COC(=O)CSc1ccc2ccccc2c1. The first-order chi connectivity index (χ1) is 17.0. The third-order valence-electron chi connectivity index (χ3n) is 5.05. The molecule has 0 aliphatic heterocycles. The third-order valence-corrected chi connectivity index (χ3v) is 6.91. The zero-order valence-electron chi connectivity index (χ0n) is 19.0. The Bertz CT molecular complexity index is 1350. The maximum absolute atomic E-state index is 12.6. The van der Waals surface area contributed by atoms with E-state index in [0.717, 1.165) is 21.2 Å². The zero-order valence-corrected chi connectivity index (χ0v) is 20.6. The minimum Gasteiger partial charge on any atom is -0.462 e. The first-order valence-corrected chi connectivity index (χ1v) is 12.8. The van der Waals surface area contributed by atoms with Crippen molar-refractivity contribution >= 4 is 56.7 Å². The van der Waals surface area contributed by atoms with Crippen LogP contribution in [0.25, 0.3) is 21.9 Å². The van der Waals surface area contributed by atoms with E-state index in [4.69, 9.17) is 9.47 Å². The lowest BCUT2D eigenvalue weighted by atomic mass is 10.0. The number of hydrogen-bond donors (Lipinski definition) is 1. The molecule has 4 aromatic rings. The molecule has 1 amide bonds. The highest BCUT2D eigenvalue weighted by Crippen LogP contribution is 2.36. The number of carbonyl (C=O) groups excluding carboxylic acids is 3. The molecule has 0 bridgehead atoms. The highest BCUT2D eigenvalue weighted by molar-refractivity contribution is 8.00. The Balaban J connectivity index is 1.35.